The summed E-state index contributed by atoms with van der Waals surface area (Å²) in [4.78, 5) is 15.0. The molecule has 0 saturated heterocycles. The molecule has 0 aromatic carbocycles. The van der Waals surface area contributed by atoms with Gasteiger partial charge in [0.15, 0.2) is 0 Å². The zero-order valence-corrected chi connectivity index (χ0v) is 9.69. The third kappa shape index (κ3) is 3.51. The number of carbonyl (C=O) groups excluding carboxylic acids is 1. The minimum absolute atomic E-state index is 0.230. The van der Waals surface area contributed by atoms with Gasteiger partial charge in [0, 0.05) is 12.3 Å². The molecule has 1 aliphatic carbocycles. The Morgan fingerprint density at radius 3 is 2.88 bits per heavy atom. The summed E-state index contributed by atoms with van der Waals surface area (Å²) in [6.45, 7) is 0.447. The van der Waals surface area contributed by atoms with E-state index in [2.05, 4.69) is 4.98 Å². The molecule has 1 fully saturated rings. The monoisotopic (exact) mass is 237 g/mol. The largest absolute Gasteiger partial charge is 0.462 e. The summed E-state index contributed by atoms with van der Waals surface area (Å²) in [5, 5.41) is 0. The molecule has 4 heteroatoms. The van der Waals surface area contributed by atoms with E-state index < -0.39 is 11.9 Å². The van der Waals surface area contributed by atoms with Gasteiger partial charge in [-0.15, -0.1) is 0 Å². The van der Waals surface area contributed by atoms with E-state index in [4.69, 9.17) is 4.74 Å². The second-order valence-electron chi connectivity index (χ2n) is 4.47. The Hall–Kier alpha value is -1.45. The molecule has 1 aromatic rings. The molecule has 1 aromatic heterocycles. The van der Waals surface area contributed by atoms with Gasteiger partial charge in [0.1, 0.15) is 0 Å². The van der Waals surface area contributed by atoms with Gasteiger partial charge in [0.2, 0.25) is 5.95 Å². The minimum Gasteiger partial charge on any atom is -0.462 e. The molecule has 0 N–H and O–H groups in total. The molecule has 0 amide bonds. The van der Waals surface area contributed by atoms with Gasteiger partial charge in [-0.05, 0) is 24.8 Å². The summed E-state index contributed by atoms with van der Waals surface area (Å²) >= 11 is 0. The van der Waals surface area contributed by atoms with Crippen LogP contribution >= 0.6 is 0 Å². The third-order valence-corrected chi connectivity index (χ3v) is 3.14. The van der Waals surface area contributed by atoms with Crippen molar-refractivity contribution in [3.05, 3.63) is 29.8 Å². The van der Waals surface area contributed by atoms with Crippen LogP contribution in [0.2, 0.25) is 0 Å². The SMILES string of the molecule is O=C(OCC1CCCCC1)c1ccnc(F)c1. The highest BCUT2D eigenvalue weighted by molar-refractivity contribution is 5.89. The Balaban J connectivity index is 1.84. The maximum atomic E-state index is 12.8. The van der Waals surface area contributed by atoms with Crippen LogP contribution in [0.5, 0.6) is 0 Å². The predicted octanol–water partition coefficient (Wildman–Crippen LogP) is 2.96. The number of ether oxygens (including phenoxy) is 1. The summed E-state index contributed by atoms with van der Waals surface area (Å²) in [6, 6.07) is 2.56. The number of aromatic nitrogens is 1. The van der Waals surface area contributed by atoms with Crippen molar-refractivity contribution >= 4 is 5.97 Å². The van der Waals surface area contributed by atoms with Crippen molar-refractivity contribution in [2.24, 2.45) is 5.92 Å². The van der Waals surface area contributed by atoms with Crippen molar-refractivity contribution in [1.29, 1.82) is 0 Å². The molecule has 1 heterocycles. The average molecular weight is 237 g/mol. The molecule has 0 radical (unpaired) electrons. The zero-order chi connectivity index (χ0) is 12.1. The summed E-state index contributed by atoms with van der Waals surface area (Å²) in [5.41, 5.74) is 0.230. The number of carbonyl (C=O) groups is 1. The molecule has 2 rings (SSSR count). The topological polar surface area (TPSA) is 39.2 Å². The van der Waals surface area contributed by atoms with Crippen LogP contribution in [0, 0.1) is 11.9 Å². The third-order valence-electron chi connectivity index (χ3n) is 3.14. The van der Waals surface area contributed by atoms with Gasteiger partial charge in [-0.1, -0.05) is 19.3 Å². The molecule has 17 heavy (non-hydrogen) atoms. The first-order valence-electron chi connectivity index (χ1n) is 6.04. The number of hydrogen-bond donors (Lipinski definition) is 0. The summed E-state index contributed by atoms with van der Waals surface area (Å²) in [6.07, 6.45) is 7.22. The molecular weight excluding hydrogens is 221 g/mol. The average Bonchev–Trinajstić information content (AvgIpc) is 2.37. The Labute approximate surface area is 100 Å². The molecule has 0 atom stereocenters. The summed E-state index contributed by atoms with van der Waals surface area (Å²) < 4.78 is 18.0. The Kier molecular flexibility index (Phi) is 4.07. The van der Waals surface area contributed by atoms with Crippen LogP contribution in [-0.4, -0.2) is 17.6 Å². The van der Waals surface area contributed by atoms with Crippen molar-refractivity contribution in [3.8, 4) is 0 Å². The van der Waals surface area contributed by atoms with Gasteiger partial charge in [-0.3, -0.25) is 0 Å². The molecule has 3 nitrogen and oxygen atoms in total. The van der Waals surface area contributed by atoms with Crippen molar-refractivity contribution in [1.82, 2.24) is 4.98 Å². The summed E-state index contributed by atoms with van der Waals surface area (Å²) in [7, 11) is 0. The van der Waals surface area contributed by atoms with Crippen molar-refractivity contribution in [2.45, 2.75) is 32.1 Å². The lowest BCUT2D eigenvalue weighted by Gasteiger charge is -2.20. The molecule has 92 valence electrons. The molecule has 0 spiro atoms. The maximum Gasteiger partial charge on any atom is 0.338 e. The van der Waals surface area contributed by atoms with Gasteiger partial charge in [-0.25, -0.2) is 9.78 Å². The standard InChI is InChI=1S/C13H16FNO2/c14-12-8-11(6-7-15-12)13(16)17-9-10-4-2-1-3-5-10/h6-8,10H,1-5,9H2. The Bertz CT molecular complexity index is 389. The van der Waals surface area contributed by atoms with E-state index in [0.29, 0.717) is 12.5 Å². The molecule has 1 aliphatic rings. The predicted molar refractivity (Wildman–Crippen MR) is 61.1 cm³/mol. The van der Waals surface area contributed by atoms with Gasteiger partial charge >= 0.3 is 5.97 Å². The molecule has 1 saturated carbocycles. The highest BCUT2D eigenvalue weighted by Crippen LogP contribution is 2.23. The highest BCUT2D eigenvalue weighted by atomic mass is 19.1. The lowest BCUT2D eigenvalue weighted by Crippen LogP contribution is -2.17. The van der Waals surface area contributed by atoms with E-state index in [1.165, 1.54) is 31.5 Å². The number of pyridine rings is 1. The fraction of sp³-hybridized carbons (Fsp3) is 0.538. The first-order valence-corrected chi connectivity index (χ1v) is 6.04. The quantitative estimate of drug-likeness (QED) is 0.599. The van der Waals surface area contributed by atoms with Crippen LogP contribution in [-0.2, 0) is 4.74 Å². The first kappa shape index (κ1) is 12.0. The van der Waals surface area contributed by atoms with Gasteiger partial charge < -0.3 is 4.74 Å². The lowest BCUT2D eigenvalue weighted by atomic mass is 9.90. The lowest BCUT2D eigenvalue weighted by molar-refractivity contribution is 0.0409. The summed E-state index contributed by atoms with van der Waals surface area (Å²) in [5.74, 6) is -0.645. The molecular formula is C13H16FNO2. The van der Waals surface area contributed by atoms with Crippen LogP contribution in [0.4, 0.5) is 4.39 Å². The molecule has 0 unspecified atom stereocenters. The van der Waals surface area contributed by atoms with Crippen LogP contribution in [0.3, 0.4) is 0 Å². The minimum atomic E-state index is -0.655. The van der Waals surface area contributed by atoms with Crippen molar-refractivity contribution in [2.75, 3.05) is 6.61 Å². The van der Waals surface area contributed by atoms with Crippen LogP contribution in [0.25, 0.3) is 0 Å². The molecule has 0 aliphatic heterocycles. The van der Waals surface area contributed by atoms with Crippen molar-refractivity contribution < 1.29 is 13.9 Å². The second kappa shape index (κ2) is 5.75. The van der Waals surface area contributed by atoms with E-state index in [-0.39, 0.29) is 5.56 Å². The number of hydrogen-bond acceptors (Lipinski definition) is 3. The number of esters is 1. The fourth-order valence-corrected chi connectivity index (χ4v) is 2.16. The number of nitrogens with zero attached hydrogens (tertiary/aromatic N) is 1. The van der Waals surface area contributed by atoms with E-state index in [1.807, 2.05) is 0 Å². The van der Waals surface area contributed by atoms with Crippen LogP contribution in [0.15, 0.2) is 18.3 Å². The second-order valence-corrected chi connectivity index (χ2v) is 4.47. The zero-order valence-electron chi connectivity index (χ0n) is 9.69. The Morgan fingerprint density at radius 1 is 1.41 bits per heavy atom. The Morgan fingerprint density at radius 2 is 2.18 bits per heavy atom. The first-order chi connectivity index (χ1) is 8.25. The normalized spacial score (nSPS) is 16.8. The maximum absolute atomic E-state index is 12.8. The highest BCUT2D eigenvalue weighted by Gasteiger charge is 2.16. The van der Waals surface area contributed by atoms with Gasteiger partial charge in [-0.2, -0.15) is 4.39 Å². The van der Waals surface area contributed by atoms with Crippen molar-refractivity contribution in [3.63, 3.8) is 0 Å². The molecule has 0 bridgehead atoms. The number of rotatable bonds is 3. The van der Waals surface area contributed by atoms with Crippen LogP contribution < -0.4 is 0 Å². The van der Waals surface area contributed by atoms with E-state index in [1.54, 1.807) is 0 Å². The van der Waals surface area contributed by atoms with Crippen LogP contribution in [0.1, 0.15) is 42.5 Å². The van der Waals surface area contributed by atoms with E-state index in [9.17, 15) is 9.18 Å². The smallest absolute Gasteiger partial charge is 0.338 e. The van der Waals surface area contributed by atoms with Gasteiger partial charge in [0.05, 0.1) is 12.2 Å². The van der Waals surface area contributed by atoms with Gasteiger partial charge in [0.25, 0.3) is 0 Å². The fourth-order valence-electron chi connectivity index (χ4n) is 2.16. The van der Waals surface area contributed by atoms with E-state index >= 15 is 0 Å². The number of halogens is 1. The van der Waals surface area contributed by atoms with E-state index in [0.717, 1.165) is 18.9 Å².